The van der Waals surface area contributed by atoms with Crippen molar-refractivity contribution in [3.63, 3.8) is 0 Å². The van der Waals surface area contributed by atoms with Crippen molar-refractivity contribution < 1.29 is 24.5 Å². The number of oxime groups is 1. The summed E-state index contributed by atoms with van der Waals surface area (Å²) < 4.78 is 15.4. The van der Waals surface area contributed by atoms with Crippen LogP contribution in [0.3, 0.4) is 0 Å². The van der Waals surface area contributed by atoms with Gasteiger partial charge >= 0.3 is 0 Å². The molecule has 0 saturated carbocycles. The summed E-state index contributed by atoms with van der Waals surface area (Å²) in [7, 11) is 2.87. The Balaban J connectivity index is 2.71. The highest BCUT2D eigenvalue weighted by atomic mass is 16.5. The van der Waals surface area contributed by atoms with Gasteiger partial charge in [-0.1, -0.05) is 5.16 Å². The van der Waals surface area contributed by atoms with Crippen molar-refractivity contribution in [2.45, 2.75) is 0 Å². The summed E-state index contributed by atoms with van der Waals surface area (Å²) >= 11 is 0. The molecular formula is C10H11NO5. The normalized spacial score (nSPS) is 15.8. The van der Waals surface area contributed by atoms with Gasteiger partial charge in [0.1, 0.15) is 18.1 Å². The van der Waals surface area contributed by atoms with E-state index in [0.29, 0.717) is 22.8 Å². The first-order valence-corrected chi connectivity index (χ1v) is 4.55. The van der Waals surface area contributed by atoms with Crippen molar-refractivity contribution in [2.24, 2.45) is 5.16 Å². The second-order valence-corrected chi connectivity index (χ2v) is 3.17. The minimum absolute atomic E-state index is 0.0858. The van der Waals surface area contributed by atoms with Crippen LogP contribution in [0.15, 0.2) is 11.2 Å². The minimum atomic E-state index is -0.0858. The van der Waals surface area contributed by atoms with Crippen molar-refractivity contribution in [1.82, 2.24) is 0 Å². The first-order valence-electron chi connectivity index (χ1n) is 4.55. The number of ether oxygens (including phenoxy) is 3. The van der Waals surface area contributed by atoms with Crippen LogP contribution in [0.25, 0.3) is 0 Å². The smallest absolute Gasteiger partial charge is 0.204 e. The molecule has 0 unspecified atom stereocenters. The number of methoxy groups -OCH3 is 2. The van der Waals surface area contributed by atoms with E-state index in [1.165, 1.54) is 20.3 Å². The van der Waals surface area contributed by atoms with E-state index in [0.717, 1.165) is 0 Å². The highest BCUT2D eigenvalue weighted by Gasteiger charge is 2.30. The van der Waals surface area contributed by atoms with E-state index in [2.05, 4.69) is 5.16 Å². The van der Waals surface area contributed by atoms with E-state index in [9.17, 15) is 5.11 Å². The molecule has 86 valence electrons. The molecule has 0 atom stereocenters. The molecule has 2 rings (SSSR count). The molecular weight excluding hydrogens is 214 g/mol. The molecule has 1 aliphatic heterocycles. The Hall–Kier alpha value is -2.11. The molecule has 1 aromatic carbocycles. The van der Waals surface area contributed by atoms with Crippen LogP contribution in [-0.2, 0) is 0 Å². The second kappa shape index (κ2) is 3.80. The van der Waals surface area contributed by atoms with Crippen LogP contribution in [-0.4, -0.2) is 36.9 Å². The molecule has 1 aromatic rings. The van der Waals surface area contributed by atoms with Crippen LogP contribution < -0.4 is 14.2 Å². The average Bonchev–Trinajstić information content (AvgIpc) is 2.71. The van der Waals surface area contributed by atoms with Crippen molar-refractivity contribution in [3.05, 3.63) is 11.6 Å². The largest absolute Gasteiger partial charge is 0.504 e. The van der Waals surface area contributed by atoms with Gasteiger partial charge in [0.25, 0.3) is 0 Å². The fourth-order valence-corrected chi connectivity index (χ4v) is 1.66. The molecule has 6 heteroatoms. The van der Waals surface area contributed by atoms with E-state index >= 15 is 0 Å². The van der Waals surface area contributed by atoms with Crippen LogP contribution in [0.4, 0.5) is 0 Å². The van der Waals surface area contributed by atoms with Gasteiger partial charge in [-0.15, -0.1) is 0 Å². The minimum Gasteiger partial charge on any atom is -0.504 e. The maximum absolute atomic E-state index is 9.66. The molecule has 1 heterocycles. The van der Waals surface area contributed by atoms with Gasteiger partial charge in [-0.25, -0.2) is 0 Å². The third kappa shape index (κ3) is 1.30. The van der Waals surface area contributed by atoms with Gasteiger partial charge in [0.2, 0.25) is 5.75 Å². The number of hydrogen-bond acceptors (Lipinski definition) is 6. The predicted molar refractivity (Wildman–Crippen MR) is 55.0 cm³/mol. The first-order chi connectivity index (χ1) is 7.72. The lowest BCUT2D eigenvalue weighted by Crippen LogP contribution is -2.03. The fourth-order valence-electron chi connectivity index (χ4n) is 1.66. The Morgan fingerprint density at radius 1 is 1.38 bits per heavy atom. The molecule has 0 fully saturated rings. The monoisotopic (exact) mass is 225 g/mol. The van der Waals surface area contributed by atoms with E-state index in [1.54, 1.807) is 0 Å². The molecule has 1 aliphatic rings. The summed E-state index contributed by atoms with van der Waals surface area (Å²) in [6.07, 6.45) is 0. The molecule has 0 bridgehead atoms. The van der Waals surface area contributed by atoms with Crippen LogP contribution in [0.1, 0.15) is 5.56 Å². The summed E-state index contributed by atoms with van der Waals surface area (Å²) in [6.45, 7) is 0.113. The van der Waals surface area contributed by atoms with Gasteiger partial charge in [-0.05, 0) is 0 Å². The maximum Gasteiger partial charge on any atom is 0.204 e. The fraction of sp³-hybridized carbons (Fsp3) is 0.300. The van der Waals surface area contributed by atoms with Crippen LogP contribution in [0, 0.1) is 0 Å². The van der Waals surface area contributed by atoms with Crippen molar-refractivity contribution in [1.29, 1.82) is 0 Å². The number of fused-ring (bicyclic) bond motifs is 1. The van der Waals surface area contributed by atoms with E-state index < -0.39 is 0 Å². The predicted octanol–water partition coefficient (Wildman–Crippen LogP) is 0.980. The molecule has 0 aliphatic carbocycles. The Morgan fingerprint density at radius 2 is 2.12 bits per heavy atom. The second-order valence-electron chi connectivity index (χ2n) is 3.17. The Morgan fingerprint density at radius 3 is 2.69 bits per heavy atom. The number of benzene rings is 1. The van der Waals surface area contributed by atoms with Crippen LogP contribution in [0.5, 0.6) is 23.0 Å². The zero-order valence-corrected chi connectivity index (χ0v) is 8.85. The van der Waals surface area contributed by atoms with Gasteiger partial charge in [-0.2, -0.15) is 0 Å². The topological polar surface area (TPSA) is 80.5 Å². The number of phenolic OH excluding ortho intramolecular Hbond substituents is 1. The van der Waals surface area contributed by atoms with E-state index in [-0.39, 0.29) is 18.1 Å². The van der Waals surface area contributed by atoms with Gasteiger partial charge in [0.05, 0.1) is 19.8 Å². The zero-order chi connectivity index (χ0) is 11.7. The molecule has 16 heavy (non-hydrogen) atoms. The third-order valence-electron chi connectivity index (χ3n) is 2.37. The highest BCUT2D eigenvalue weighted by molar-refractivity contribution is 6.09. The Kier molecular flexibility index (Phi) is 2.47. The summed E-state index contributed by atoms with van der Waals surface area (Å²) in [5.74, 6) is 0.817. The summed E-state index contributed by atoms with van der Waals surface area (Å²) in [5.41, 5.74) is 0.838. The summed E-state index contributed by atoms with van der Waals surface area (Å²) in [4.78, 5) is 0. The number of aromatic hydroxyl groups is 1. The Labute approximate surface area is 91.7 Å². The molecule has 6 nitrogen and oxygen atoms in total. The lowest BCUT2D eigenvalue weighted by atomic mass is 10.1. The highest BCUT2D eigenvalue weighted by Crippen LogP contribution is 2.47. The summed E-state index contributed by atoms with van der Waals surface area (Å²) in [6, 6.07) is 1.39. The maximum atomic E-state index is 9.66. The van der Waals surface area contributed by atoms with Crippen LogP contribution >= 0.6 is 0 Å². The van der Waals surface area contributed by atoms with Gasteiger partial charge in [0.15, 0.2) is 11.5 Å². The third-order valence-corrected chi connectivity index (χ3v) is 2.37. The van der Waals surface area contributed by atoms with Crippen molar-refractivity contribution >= 4 is 5.71 Å². The van der Waals surface area contributed by atoms with E-state index in [1.807, 2.05) is 0 Å². The lowest BCUT2D eigenvalue weighted by Gasteiger charge is -2.11. The van der Waals surface area contributed by atoms with Crippen molar-refractivity contribution in [3.8, 4) is 23.0 Å². The van der Waals surface area contributed by atoms with Crippen LogP contribution in [0.2, 0.25) is 0 Å². The molecule has 0 spiro atoms. The standard InChI is InChI=1S/C10H11NO5/c1-14-7-3-6(12)9(15-2)10-8(7)5(11-13)4-16-10/h3,12-13H,4H2,1-2H3. The van der Waals surface area contributed by atoms with Gasteiger partial charge < -0.3 is 24.5 Å². The average molecular weight is 225 g/mol. The van der Waals surface area contributed by atoms with Gasteiger partial charge in [0, 0.05) is 6.07 Å². The zero-order valence-electron chi connectivity index (χ0n) is 8.85. The number of phenols is 1. The lowest BCUT2D eigenvalue weighted by molar-refractivity contribution is 0.308. The molecule has 0 aromatic heterocycles. The molecule has 0 radical (unpaired) electrons. The van der Waals surface area contributed by atoms with Crippen molar-refractivity contribution in [2.75, 3.05) is 20.8 Å². The van der Waals surface area contributed by atoms with E-state index in [4.69, 9.17) is 19.4 Å². The Bertz CT molecular complexity index is 455. The molecule has 2 N–H and O–H groups in total. The first kappa shape index (κ1) is 10.4. The summed E-state index contributed by atoms with van der Waals surface area (Å²) in [5, 5.41) is 21.6. The SMILES string of the molecule is COc1cc(O)c(OC)c2c1C(=NO)CO2. The molecule has 0 saturated heterocycles. The number of nitrogens with zero attached hydrogens (tertiary/aromatic N) is 1. The molecule has 0 amide bonds. The number of hydrogen-bond donors (Lipinski definition) is 2. The quantitative estimate of drug-likeness (QED) is 0.579. The van der Waals surface area contributed by atoms with Gasteiger partial charge in [-0.3, -0.25) is 0 Å². The number of rotatable bonds is 2.